The number of nitrogens with one attached hydrogen (secondary N) is 1. The van der Waals surface area contributed by atoms with Crippen molar-refractivity contribution in [3.63, 3.8) is 0 Å². The third kappa shape index (κ3) is 4.84. The highest BCUT2D eigenvalue weighted by Gasteiger charge is 2.27. The Balaban J connectivity index is 2.70. The van der Waals surface area contributed by atoms with Crippen LogP contribution in [0, 0.1) is 5.41 Å². The van der Waals surface area contributed by atoms with E-state index in [2.05, 4.69) is 31.2 Å². The standard InChI is InChI=1S/C13H21ClN2O3/c1-13(2,3)11(5-6-14)15-12(17)10-7-9(8-18-4)19-16-10/h7,11H,5-6,8H2,1-4H3,(H,15,17). The smallest absolute Gasteiger partial charge is 0.273 e. The van der Waals surface area contributed by atoms with Gasteiger partial charge in [-0.05, 0) is 11.8 Å². The number of ether oxygens (including phenoxy) is 1. The highest BCUT2D eigenvalue weighted by atomic mass is 35.5. The second-order valence-electron chi connectivity index (χ2n) is 5.48. The summed E-state index contributed by atoms with van der Waals surface area (Å²) < 4.78 is 9.90. The van der Waals surface area contributed by atoms with Crippen molar-refractivity contribution in [2.75, 3.05) is 13.0 Å². The predicted molar refractivity (Wildman–Crippen MR) is 73.3 cm³/mol. The summed E-state index contributed by atoms with van der Waals surface area (Å²) in [6.45, 7) is 6.47. The van der Waals surface area contributed by atoms with Gasteiger partial charge in [-0.3, -0.25) is 4.79 Å². The molecule has 1 amide bonds. The first-order valence-corrected chi connectivity index (χ1v) is 6.73. The Morgan fingerprint density at radius 2 is 2.26 bits per heavy atom. The van der Waals surface area contributed by atoms with Gasteiger partial charge in [0.1, 0.15) is 6.61 Å². The number of aromatic nitrogens is 1. The van der Waals surface area contributed by atoms with Crippen LogP contribution in [0.25, 0.3) is 0 Å². The van der Waals surface area contributed by atoms with Crippen LogP contribution in [0.1, 0.15) is 43.4 Å². The van der Waals surface area contributed by atoms with Crippen LogP contribution >= 0.6 is 11.6 Å². The highest BCUT2D eigenvalue weighted by molar-refractivity contribution is 6.17. The lowest BCUT2D eigenvalue weighted by molar-refractivity contribution is 0.0890. The average Bonchev–Trinajstić information content (AvgIpc) is 2.76. The first-order valence-electron chi connectivity index (χ1n) is 6.20. The molecule has 0 bridgehead atoms. The van der Waals surface area contributed by atoms with Gasteiger partial charge < -0.3 is 14.6 Å². The summed E-state index contributed by atoms with van der Waals surface area (Å²) in [6.07, 6.45) is 0.708. The van der Waals surface area contributed by atoms with Gasteiger partial charge in [0, 0.05) is 25.1 Å². The van der Waals surface area contributed by atoms with Crippen LogP contribution in [0.3, 0.4) is 0 Å². The summed E-state index contributed by atoms with van der Waals surface area (Å²) in [7, 11) is 1.55. The first-order chi connectivity index (χ1) is 8.88. The van der Waals surface area contributed by atoms with Crippen LogP contribution < -0.4 is 5.32 Å². The molecule has 0 aliphatic rings. The first kappa shape index (κ1) is 16.0. The Hall–Kier alpha value is -1.07. The molecule has 0 saturated carbocycles. The molecule has 5 nitrogen and oxygen atoms in total. The third-order valence-corrected chi connectivity index (χ3v) is 3.04. The summed E-state index contributed by atoms with van der Waals surface area (Å²) in [5, 5.41) is 6.67. The molecule has 1 aromatic rings. The lowest BCUT2D eigenvalue weighted by Gasteiger charge is -2.30. The van der Waals surface area contributed by atoms with Crippen LogP contribution in [0.5, 0.6) is 0 Å². The molecule has 0 fully saturated rings. The summed E-state index contributed by atoms with van der Waals surface area (Å²) in [6, 6.07) is 1.57. The molecular weight excluding hydrogens is 268 g/mol. The minimum atomic E-state index is -0.254. The fraction of sp³-hybridized carbons (Fsp3) is 0.692. The monoisotopic (exact) mass is 288 g/mol. The number of hydrogen-bond donors (Lipinski definition) is 1. The Labute approximate surface area is 118 Å². The molecular formula is C13H21ClN2O3. The van der Waals surface area contributed by atoms with Gasteiger partial charge in [-0.25, -0.2) is 0 Å². The van der Waals surface area contributed by atoms with Gasteiger partial charge in [-0.15, -0.1) is 11.6 Å². The van der Waals surface area contributed by atoms with Crippen LogP contribution in [0.2, 0.25) is 0 Å². The maximum atomic E-state index is 12.1. The molecule has 0 saturated heterocycles. The fourth-order valence-corrected chi connectivity index (χ4v) is 1.91. The van der Waals surface area contributed by atoms with E-state index < -0.39 is 0 Å². The zero-order valence-electron chi connectivity index (χ0n) is 11.8. The van der Waals surface area contributed by atoms with E-state index in [-0.39, 0.29) is 23.1 Å². The Bertz CT molecular complexity index is 412. The molecule has 19 heavy (non-hydrogen) atoms. The fourth-order valence-electron chi connectivity index (χ4n) is 1.69. The molecule has 0 aliphatic carbocycles. The summed E-state index contributed by atoms with van der Waals surface area (Å²) in [5.41, 5.74) is 0.194. The van der Waals surface area contributed by atoms with Crippen molar-refractivity contribution in [1.29, 1.82) is 0 Å². The SMILES string of the molecule is COCc1cc(C(=O)NC(CCCl)C(C)(C)C)no1. The molecule has 0 aliphatic heterocycles. The Morgan fingerprint density at radius 1 is 1.58 bits per heavy atom. The maximum Gasteiger partial charge on any atom is 0.273 e. The number of methoxy groups -OCH3 is 1. The molecule has 1 unspecified atom stereocenters. The highest BCUT2D eigenvalue weighted by Crippen LogP contribution is 2.22. The van der Waals surface area contributed by atoms with E-state index in [0.717, 1.165) is 0 Å². The lowest BCUT2D eigenvalue weighted by Crippen LogP contribution is -2.44. The number of hydrogen-bond acceptors (Lipinski definition) is 4. The van der Waals surface area contributed by atoms with Gasteiger partial charge >= 0.3 is 0 Å². The number of carbonyl (C=O) groups is 1. The normalized spacial score (nSPS) is 13.3. The zero-order chi connectivity index (χ0) is 14.5. The quantitative estimate of drug-likeness (QED) is 0.817. The summed E-state index contributed by atoms with van der Waals surface area (Å²) in [5.74, 6) is 0.768. The van der Waals surface area contributed by atoms with Gasteiger partial charge in [0.25, 0.3) is 5.91 Å². The number of carbonyl (C=O) groups excluding carboxylic acids is 1. The van der Waals surface area contributed by atoms with E-state index in [0.29, 0.717) is 24.7 Å². The average molecular weight is 289 g/mol. The van der Waals surface area contributed by atoms with Crippen molar-refractivity contribution in [3.05, 3.63) is 17.5 Å². The molecule has 1 rings (SSSR count). The minimum absolute atomic E-state index is 0.0138. The number of rotatable bonds is 6. The van der Waals surface area contributed by atoms with Gasteiger partial charge in [-0.1, -0.05) is 25.9 Å². The summed E-state index contributed by atoms with van der Waals surface area (Å²) >= 11 is 5.78. The number of halogens is 1. The molecule has 0 aromatic carbocycles. The van der Waals surface area contributed by atoms with Gasteiger partial charge in [0.05, 0.1) is 0 Å². The summed E-state index contributed by atoms with van der Waals surface area (Å²) in [4.78, 5) is 12.1. The third-order valence-electron chi connectivity index (χ3n) is 2.83. The van der Waals surface area contributed by atoms with Crippen molar-refractivity contribution >= 4 is 17.5 Å². The topological polar surface area (TPSA) is 64.4 Å². The number of nitrogens with zero attached hydrogens (tertiary/aromatic N) is 1. The van der Waals surface area contributed by atoms with Crippen LogP contribution in [0.4, 0.5) is 0 Å². The molecule has 0 radical (unpaired) electrons. The maximum absolute atomic E-state index is 12.1. The van der Waals surface area contributed by atoms with Crippen LogP contribution in [0.15, 0.2) is 10.6 Å². The largest absolute Gasteiger partial charge is 0.377 e. The zero-order valence-corrected chi connectivity index (χ0v) is 12.6. The van der Waals surface area contributed by atoms with E-state index in [4.69, 9.17) is 20.9 Å². The van der Waals surface area contributed by atoms with Gasteiger partial charge in [-0.2, -0.15) is 0 Å². The van der Waals surface area contributed by atoms with Crippen LogP contribution in [-0.4, -0.2) is 30.1 Å². The second kappa shape index (κ2) is 6.91. The molecule has 6 heteroatoms. The van der Waals surface area contributed by atoms with E-state index >= 15 is 0 Å². The Morgan fingerprint density at radius 3 is 2.79 bits per heavy atom. The molecule has 1 heterocycles. The predicted octanol–water partition coefficient (Wildman–Crippen LogP) is 2.59. The van der Waals surface area contributed by atoms with Crippen molar-refractivity contribution < 1.29 is 14.1 Å². The number of amides is 1. The Kier molecular flexibility index (Phi) is 5.82. The molecule has 1 aromatic heterocycles. The van der Waals surface area contributed by atoms with E-state index in [9.17, 15) is 4.79 Å². The lowest BCUT2D eigenvalue weighted by atomic mass is 9.85. The van der Waals surface area contributed by atoms with Crippen molar-refractivity contribution in [3.8, 4) is 0 Å². The molecule has 108 valence electrons. The van der Waals surface area contributed by atoms with Gasteiger partial charge in [0.15, 0.2) is 11.5 Å². The second-order valence-corrected chi connectivity index (χ2v) is 5.86. The minimum Gasteiger partial charge on any atom is -0.377 e. The molecule has 1 atom stereocenters. The van der Waals surface area contributed by atoms with E-state index in [1.807, 2.05) is 0 Å². The van der Waals surface area contributed by atoms with Gasteiger partial charge in [0.2, 0.25) is 0 Å². The van der Waals surface area contributed by atoms with Crippen molar-refractivity contribution in [1.82, 2.24) is 10.5 Å². The van der Waals surface area contributed by atoms with Crippen molar-refractivity contribution in [2.24, 2.45) is 5.41 Å². The van der Waals surface area contributed by atoms with Crippen molar-refractivity contribution in [2.45, 2.75) is 39.8 Å². The van der Waals surface area contributed by atoms with Crippen LogP contribution in [-0.2, 0) is 11.3 Å². The number of alkyl halides is 1. The van der Waals surface area contributed by atoms with E-state index in [1.165, 1.54) is 0 Å². The molecule has 1 N–H and O–H groups in total. The van der Waals surface area contributed by atoms with E-state index in [1.54, 1.807) is 13.2 Å². The molecule has 0 spiro atoms.